The van der Waals surface area contributed by atoms with Crippen LogP contribution in [-0.4, -0.2) is 60.7 Å². The Bertz CT molecular complexity index is 1110. The van der Waals surface area contributed by atoms with Gasteiger partial charge in [0.15, 0.2) is 10.1 Å². The summed E-state index contributed by atoms with van der Waals surface area (Å²) in [6, 6.07) is 4.95. The van der Waals surface area contributed by atoms with E-state index in [1.54, 1.807) is 18.2 Å². The van der Waals surface area contributed by atoms with E-state index in [2.05, 4.69) is 4.74 Å². The van der Waals surface area contributed by atoms with Crippen LogP contribution in [-0.2, 0) is 29.1 Å². The Morgan fingerprint density at radius 3 is 2.58 bits per heavy atom. The van der Waals surface area contributed by atoms with Crippen molar-refractivity contribution in [3.63, 3.8) is 0 Å². The molecular weight excluding hydrogens is 595 g/mol. The fourth-order valence-corrected chi connectivity index (χ4v) is 5.17. The lowest BCUT2D eigenvalue weighted by atomic mass is 9.84. The van der Waals surface area contributed by atoms with Gasteiger partial charge in [0.25, 0.3) is 5.79 Å². The van der Waals surface area contributed by atoms with E-state index in [1.165, 1.54) is 0 Å². The number of esters is 2. The number of ether oxygens (including phenoxy) is 4. The minimum Gasteiger partial charge on any atom is -0.743 e. The summed E-state index contributed by atoms with van der Waals surface area (Å²) in [5, 5.41) is -5.86. The maximum Gasteiger partial charge on any atom is 0.396 e. The van der Waals surface area contributed by atoms with E-state index in [4.69, 9.17) is 14.2 Å². The molecule has 3 heterocycles. The lowest BCUT2D eigenvalue weighted by Gasteiger charge is -2.39. The van der Waals surface area contributed by atoms with E-state index in [9.17, 15) is 40.1 Å². The zero-order valence-corrected chi connectivity index (χ0v) is 19.2. The highest BCUT2D eigenvalue weighted by molar-refractivity contribution is 14.1. The van der Waals surface area contributed by atoms with Gasteiger partial charge in [-0.1, -0.05) is 6.07 Å². The molecule has 4 rings (SSSR count). The van der Waals surface area contributed by atoms with Gasteiger partial charge >= 0.3 is 23.1 Å². The molecule has 3 aliphatic heterocycles. The fourth-order valence-electron chi connectivity index (χ4n) is 4.01. The predicted octanol–water partition coefficient (Wildman–Crippen LogP) is 2.42. The third-order valence-corrected chi connectivity index (χ3v) is 7.49. The van der Waals surface area contributed by atoms with Crippen LogP contribution in [0, 0.1) is 9.49 Å². The number of hydrogen-bond acceptors (Lipinski definition) is 9. The summed E-state index contributed by atoms with van der Waals surface area (Å²) in [4.78, 5) is 24.8. The molecule has 4 atom stereocenters. The number of rotatable bonds is 6. The van der Waals surface area contributed by atoms with Gasteiger partial charge in [-0.25, -0.2) is 13.2 Å². The predicted molar refractivity (Wildman–Crippen MR) is 104 cm³/mol. The second-order valence-corrected chi connectivity index (χ2v) is 10.3. The first-order valence-electron chi connectivity index (χ1n) is 9.42. The Hall–Kier alpha value is -1.72. The van der Waals surface area contributed by atoms with Crippen molar-refractivity contribution in [2.45, 2.75) is 48.4 Å². The molecule has 4 unspecified atom stereocenters. The van der Waals surface area contributed by atoms with E-state index in [1.807, 2.05) is 22.6 Å². The van der Waals surface area contributed by atoms with E-state index in [-0.39, 0.29) is 24.2 Å². The van der Waals surface area contributed by atoms with Crippen LogP contribution >= 0.6 is 22.6 Å². The quantitative estimate of drug-likeness (QED) is 0.207. The summed E-state index contributed by atoms with van der Waals surface area (Å²) in [6.45, 7) is -1.26. The van der Waals surface area contributed by atoms with Gasteiger partial charge in [-0.05, 0) is 41.1 Å². The SMILES string of the molecule is O=C1OC2(CC3OC2CC3C(=O)OCCC(F)(F)C(F)(F)S(=O)(=O)[O-])Oc2cccc(I)c21. The molecular formula is C18H14F4IO9S-. The highest BCUT2D eigenvalue weighted by Crippen LogP contribution is 2.51. The summed E-state index contributed by atoms with van der Waals surface area (Å²) in [7, 11) is -6.63. The second kappa shape index (κ2) is 7.91. The highest BCUT2D eigenvalue weighted by Gasteiger charge is 2.65. The van der Waals surface area contributed by atoms with Gasteiger partial charge in [0.2, 0.25) is 0 Å². The number of alkyl halides is 4. The van der Waals surface area contributed by atoms with Crippen LogP contribution in [0.3, 0.4) is 0 Å². The molecule has 2 saturated heterocycles. The maximum absolute atomic E-state index is 13.5. The van der Waals surface area contributed by atoms with Crippen molar-refractivity contribution in [2.24, 2.45) is 5.92 Å². The minimum absolute atomic E-state index is 0.0580. The number of hydrogen-bond donors (Lipinski definition) is 0. The molecule has 2 fully saturated rings. The molecule has 15 heteroatoms. The topological polar surface area (TPSA) is 128 Å². The molecule has 0 amide bonds. The van der Waals surface area contributed by atoms with Crippen molar-refractivity contribution in [2.75, 3.05) is 6.61 Å². The Morgan fingerprint density at radius 1 is 1.27 bits per heavy atom. The van der Waals surface area contributed by atoms with E-state index in [0.29, 0.717) is 3.57 Å². The molecule has 2 bridgehead atoms. The van der Waals surface area contributed by atoms with Crippen LogP contribution in [0.1, 0.15) is 29.6 Å². The second-order valence-electron chi connectivity index (χ2n) is 7.72. The van der Waals surface area contributed by atoms with Gasteiger partial charge < -0.3 is 23.5 Å². The highest BCUT2D eigenvalue weighted by atomic mass is 127. The molecule has 182 valence electrons. The Morgan fingerprint density at radius 2 is 1.97 bits per heavy atom. The Labute approximate surface area is 197 Å². The van der Waals surface area contributed by atoms with Crippen LogP contribution in [0.15, 0.2) is 18.2 Å². The van der Waals surface area contributed by atoms with Crippen LogP contribution in [0.2, 0.25) is 0 Å². The number of carbonyl (C=O) groups excluding carboxylic acids is 2. The Kier molecular flexibility index (Phi) is 5.85. The van der Waals surface area contributed by atoms with Crippen molar-refractivity contribution in [1.29, 1.82) is 0 Å². The lowest BCUT2D eigenvalue weighted by Crippen LogP contribution is -2.53. The molecule has 9 nitrogen and oxygen atoms in total. The van der Waals surface area contributed by atoms with Crippen LogP contribution in [0.4, 0.5) is 17.6 Å². The fraction of sp³-hybridized carbons (Fsp3) is 0.556. The van der Waals surface area contributed by atoms with Crippen LogP contribution in [0.25, 0.3) is 0 Å². The van der Waals surface area contributed by atoms with Gasteiger partial charge in [-0.3, -0.25) is 4.79 Å². The maximum atomic E-state index is 13.5. The zero-order valence-electron chi connectivity index (χ0n) is 16.3. The number of benzene rings is 1. The van der Waals surface area contributed by atoms with Crippen molar-refractivity contribution >= 4 is 44.6 Å². The van der Waals surface area contributed by atoms with Gasteiger partial charge in [-0.15, -0.1) is 0 Å². The largest absolute Gasteiger partial charge is 0.743 e. The summed E-state index contributed by atoms with van der Waals surface area (Å²) in [5.74, 6) is -9.08. The van der Waals surface area contributed by atoms with Crippen LogP contribution in [0.5, 0.6) is 5.75 Å². The molecule has 1 spiro atoms. The lowest BCUT2D eigenvalue weighted by molar-refractivity contribution is -0.187. The molecule has 0 aromatic heterocycles. The summed E-state index contributed by atoms with van der Waals surface area (Å²) < 4.78 is 107. The molecule has 1 aromatic carbocycles. The molecule has 0 saturated carbocycles. The van der Waals surface area contributed by atoms with Crippen molar-refractivity contribution in [1.82, 2.24) is 0 Å². The average Bonchev–Trinajstić information content (AvgIpc) is 3.24. The number of fused-ring (bicyclic) bond motifs is 4. The molecule has 0 N–H and O–H groups in total. The number of carbonyl (C=O) groups is 2. The molecule has 33 heavy (non-hydrogen) atoms. The van der Waals surface area contributed by atoms with Crippen molar-refractivity contribution < 1.29 is 59.1 Å². The normalized spacial score (nSPS) is 28.9. The van der Waals surface area contributed by atoms with Crippen LogP contribution < -0.4 is 4.74 Å². The Balaban J connectivity index is 1.37. The van der Waals surface area contributed by atoms with Gasteiger partial charge in [0.05, 0.1) is 31.5 Å². The van der Waals surface area contributed by atoms with Crippen molar-refractivity contribution in [3.05, 3.63) is 27.3 Å². The van der Waals surface area contributed by atoms with Gasteiger partial charge in [-0.2, -0.15) is 17.6 Å². The van der Waals surface area contributed by atoms with E-state index < -0.39 is 70.2 Å². The summed E-state index contributed by atoms with van der Waals surface area (Å²) >= 11 is 1.95. The molecule has 1 aromatic rings. The van der Waals surface area contributed by atoms with E-state index in [0.717, 1.165) is 0 Å². The van der Waals surface area contributed by atoms with Gasteiger partial charge in [0, 0.05) is 3.57 Å². The first kappa shape index (κ1) is 24.4. The smallest absolute Gasteiger partial charge is 0.396 e. The third-order valence-electron chi connectivity index (χ3n) is 5.66. The minimum atomic E-state index is -6.63. The zero-order chi connectivity index (χ0) is 24.4. The first-order valence-corrected chi connectivity index (χ1v) is 11.9. The first-order chi connectivity index (χ1) is 15.2. The average molecular weight is 609 g/mol. The monoisotopic (exact) mass is 609 g/mol. The van der Waals surface area contributed by atoms with Gasteiger partial charge in [0.1, 0.15) is 17.4 Å². The number of halogens is 5. The standard InChI is InChI=1S/C18H15F4IO9S/c19-17(20,18(21,22)33(26,27)28)4-5-29-14(24)8-6-12-16(7-11(8)30-12)31-10-3-1-2-9(23)13(10)15(25)32-16/h1-3,8,11-12H,4-7H2,(H,26,27,28)/p-1. The molecule has 0 radical (unpaired) electrons. The molecule has 3 aliphatic rings. The summed E-state index contributed by atoms with van der Waals surface area (Å²) in [6.07, 6.45) is -3.72. The third kappa shape index (κ3) is 3.95. The molecule has 0 aliphatic carbocycles. The van der Waals surface area contributed by atoms with Crippen molar-refractivity contribution in [3.8, 4) is 5.75 Å². The van der Waals surface area contributed by atoms with E-state index >= 15 is 0 Å². The summed E-state index contributed by atoms with van der Waals surface area (Å²) in [5.41, 5.74) is 0.250.